The molecular weight excluding hydrogens is 306 g/mol. The zero-order valence-corrected chi connectivity index (χ0v) is 14.5. The molecule has 1 saturated heterocycles. The van der Waals surface area contributed by atoms with E-state index in [0.717, 1.165) is 12.0 Å². The molecule has 0 N–H and O–H groups in total. The highest BCUT2D eigenvalue weighted by atomic mass is 35.5. The Kier molecular flexibility index (Phi) is 4.52. The second-order valence-electron chi connectivity index (χ2n) is 6.68. The molecule has 0 bridgehead atoms. The molecule has 0 unspecified atom stereocenters. The van der Waals surface area contributed by atoms with E-state index in [1.54, 1.807) is 28.6 Å². The van der Waals surface area contributed by atoms with Crippen LogP contribution in [0.15, 0.2) is 40.8 Å². The highest BCUT2D eigenvalue weighted by Gasteiger charge is 2.42. The SMILES string of the molecule is CC(C)=C[C@@H]1CC(C)(C)CN1S(=O)(=O)c1ccc(Cl)cc1. The first-order valence-electron chi connectivity index (χ1n) is 7.04. The highest BCUT2D eigenvalue weighted by Crippen LogP contribution is 2.38. The Bertz CT molecular complexity index is 643. The predicted molar refractivity (Wildman–Crippen MR) is 87.0 cm³/mol. The molecule has 1 aliphatic heterocycles. The van der Waals surface area contributed by atoms with Gasteiger partial charge in [-0.3, -0.25) is 0 Å². The molecule has 1 atom stereocenters. The normalized spacial score (nSPS) is 22.2. The number of rotatable bonds is 3. The van der Waals surface area contributed by atoms with Crippen LogP contribution in [0.2, 0.25) is 5.02 Å². The maximum Gasteiger partial charge on any atom is 0.243 e. The summed E-state index contributed by atoms with van der Waals surface area (Å²) in [6, 6.07) is 6.30. The zero-order chi connectivity index (χ0) is 15.8. The number of benzene rings is 1. The Labute approximate surface area is 132 Å². The van der Waals surface area contributed by atoms with Crippen LogP contribution in [0.4, 0.5) is 0 Å². The van der Waals surface area contributed by atoms with Crippen molar-refractivity contribution in [3.8, 4) is 0 Å². The Morgan fingerprint density at radius 1 is 1.29 bits per heavy atom. The average molecular weight is 328 g/mol. The zero-order valence-electron chi connectivity index (χ0n) is 12.9. The molecular formula is C16H22ClNO2S. The molecule has 0 amide bonds. The van der Waals surface area contributed by atoms with Crippen LogP contribution in [0.3, 0.4) is 0 Å². The smallest absolute Gasteiger partial charge is 0.207 e. The van der Waals surface area contributed by atoms with Crippen molar-refractivity contribution in [1.29, 1.82) is 0 Å². The van der Waals surface area contributed by atoms with Crippen molar-refractivity contribution in [2.75, 3.05) is 6.54 Å². The van der Waals surface area contributed by atoms with Crippen LogP contribution >= 0.6 is 11.6 Å². The third-order valence-electron chi connectivity index (χ3n) is 3.66. The number of hydrogen-bond donors (Lipinski definition) is 0. The van der Waals surface area contributed by atoms with Crippen molar-refractivity contribution >= 4 is 21.6 Å². The quantitative estimate of drug-likeness (QED) is 0.784. The lowest BCUT2D eigenvalue weighted by atomic mass is 9.90. The van der Waals surface area contributed by atoms with E-state index in [2.05, 4.69) is 13.8 Å². The van der Waals surface area contributed by atoms with Gasteiger partial charge in [0.05, 0.1) is 4.90 Å². The molecule has 5 heteroatoms. The van der Waals surface area contributed by atoms with Crippen LogP contribution in [-0.2, 0) is 10.0 Å². The number of sulfonamides is 1. The van der Waals surface area contributed by atoms with E-state index in [-0.39, 0.29) is 11.5 Å². The minimum absolute atomic E-state index is 0.0177. The Morgan fingerprint density at radius 2 is 1.86 bits per heavy atom. The fourth-order valence-corrected chi connectivity index (χ4v) is 4.69. The standard InChI is InChI=1S/C16H22ClNO2S/c1-12(2)9-14-10-16(3,4)11-18(14)21(19,20)15-7-5-13(17)6-8-15/h5-9,14H,10-11H2,1-4H3/t14-/m1/s1. The number of nitrogens with zero attached hydrogens (tertiary/aromatic N) is 1. The molecule has 0 radical (unpaired) electrons. The fourth-order valence-electron chi connectivity index (χ4n) is 2.80. The summed E-state index contributed by atoms with van der Waals surface area (Å²) in [6.45, 7) is 8.75. The monoisotopic (exact) mass is 327 g/mol. The molecule has 0 aliphatic carbocycles. The second kappa shape index (κ2) is 5.75. The van der Waals surface area contributed by atoms with Crippen LogP contribution < -0.4 is 0 Å². The van der Waals surface area contributed by atoms with E-state index < -0.39 is 10.0 Å². The summed E-state index contributed by atoms with van der Waals surface area (Å²) >= 11 is 5.85. The Balaban J connectivity index is 2.41. The minimum Gasteiger partial charge on any atom is -0.207 e. The molecule has 1 aromatic carbocycles. The van der Waals surface area contributed by atoms with Crippen LogP contribution in [0.5, 0.6) is 0 Å². The van der Waals surface area contributed by atoms with Gasteiger partial charge in [0.25, 0.3) is 0 Å². The van der Waals surface area contributed by atoms with Gasteiger partial charge < -0.3 is 0 Å². The lowest BCUT2D eigenvalue weighted by molar-refractivity contribution is 0.373. The molecule has 21 heavy (non-hydrogen) atoms. The first kappa shape index (κ1) is 16.5. The fraction of sp³-hybridized carbons (Fsp3) is 0.500. The average Bonchev–Trinajstić information content (AvgIpc) is 2.64. The van der Waals surface area contributed by atoms with Gasteiger partial charge in [-0.05, 0) is 49.9 Å². The van der Waals surface area contributed by atoms with Crippen LogP contribution in [0.25, 0.3) is 0 Å². The van der Waals surface area contributed by atoms with Crippen LogP contribution in [0.1, 0.15) is 34.1 Å². The van der Waals surface area contributed by atoms with E-state index in [0.29, 0.717) is 16.5 Å². The minimum atomic E-state index is -3.49. The molecule has 1 aliphatic rings. The Hall–Kier alpha value is -0.840. The molecule has 1 aromatic rings. The van der Waals surface area contributed by atoms with Crippen LogP contribution in [0, 0.1) is 5.41 Å². The maximum atomic E-state index is 12.9. The summed E-state index contributed by atoms with van der Waals surface area (Å²) in [5, 5.41) is 0.538. The third-order valence-corrected chi connectivity index (χ3v) is 5.80. The van der Waals surface area contributed by atoms with E-state index >= 15 is 0 Å². The number of halogens is 1. The molecule has 1 heterocycles. The lowest BCUT2D eigenvalue weighted by Crippen LogP contribution is -2.35. The van der Waals surface area contributed by atoms with Gasteiger partial charge in [-0.1, -0.05) is 37.1 Å². The van der Waals surface area contributed by atoms with Crippen LogP contribution in [-0.4, -0.2) is 25.3 Å². The van der Waals surface area contributed by atoms with Crippen molar-refractivity contribution in [3.63, 3.8) is 0 Å². The van der Waals surface area contributed by atoms with E-state index in [1.807, 2.05) is 19.9 Å². The summed E-state index contributed by atoms with van der Waals surface area (Å²) in [5.41, 5.74) is 1.12. The van der Waals surface area contributed by atoms with Gasteiger partial charge in [0, 0.05) is 17.6 Å². The molecule has 0 aromatic heterocycles. The number of hydrogen-bond acceptors (Lipinski definition) is 2. The molecule has 1 fully saturated rings. The van der Waals surface area contributed by atoms with Crippen molar-refractivity contribution in [2.24, 2.45) is 5.41 Å². The van der Waals surface area contributed by atoms with Gasteiger partial charge in [0.15, 0.2) is 0 Å². The van der Waals surface area contributed by atoms with Gasteiger partial charge >= 0.3 is 0 Å². The topological polar surface area (TPSA) is 37.4 Å². The van der Waals surface area contributed by atoms with Gasteiger partial charge in [0.2, 0.25) is 10.0 Å². The molecule has 3 nitrogen and oxygen atoms in total. The van der Waals surface area contributed by atoms with E-state index in [1.165, 1.54) is 0 Å². The number of allylic oxidation sites excluding steroid dienone is 1. The second-order valence-corrected chi connectivity index (χ2v) is 9.01. The van der Waals surface area contributed by atoms with Crippen molar-refractivity contribution < 1.29 is 8.42 Å². The molecule has 0 saturated carbocycles. The van der Waals surface area contributed by atoms with Crippen molar-refractivity contribution in [1.82, 2.24) is 4.31 Å². The predicted octanol–water partition coefficient (Wildman–Crippen LogP) is 4.10. The largest absolute Gasteiger partial charge is 0.243 e. The molecule has 0 spiro atoms. The van der Waals surface area contributed by atoms with Crippen molar-refractivity contribution in [2.45, 2.75) is 45.1 Å². The summed E-state index contributed by atoms with van der Waals surface area (Å²) in [6.07, 6.45) is 2.88. The molecule has 2 rings (SSSR count). The first-order valence-corrected chi connectivity index (χ1v) is 8.86. The van der Waals surface area contributed by atoms with Crippen molar-refractivity contribution in [3.05, 3.63) is 40.9 Å². The van der Waals surface area contributed by atoms with Gasteiger partial charge in [-0.15, -0.1) is 0 Å². The Morgan fingerprint density at radius 3 is 2.38 bits per heavy atom. The summed E-state index contributed by atoms with van der Waals surface area (Å²) < 4.78 is 27.4. The summed E-state index contributed by atoms with van der Waals surface area (Å²) in [4.78, 5) is 0.303. The maximum absolute atomic E-state index is 12.9. The lowest BCUT2D eigenvalue weighted by Gasteiger charge is -2.22. The summed E-state index contributed by atoms with van der Waals surface area (Å²) in [7, 11) is -3.49. The molecule has 116 valence electrons. The van der Waals surface area contributed by atoms with Gasteiger partial charge in [-0.2, -0.15) is 4.31 Å². The first-order chi connectivity index (χ1) is 9.62. The van der Waals surface area contributed by atoms with Gasteiger partial charge in [-0.25, -0.2) is 8.42 Å². The highest BCUT2D eigenvalue weighted by molar-refractivity contribution is 7.89. The van der Waals surface area contributed by atoms with E-state index in [4.69, 9.17) is 11.6 Å². The third kappa shape index (κ3) is 3.68. The summed E-state index contributed by atoms with van der Waals surface area (Å²) in [5.74, 6) is 0. The van der Waals surface area contributed by atoms with E-state index in [9.17, 15) is 8.42 Å². The van der Waals surface area contributed by atoms with Gasteiger partial charge in [0.1, 0.15) is 0 Å².